The standard InChI is InChI=1S/C16H16N4O2S2/c1-10(15(21)17-11-5-7-12(22-2)8-6-11)24-16-18-14(19-20-16)13-4-3-9-23-13/h3-10H,1-2H3,(H,17,21)(H,18,19,20)/t10-/m1/s1. The van der Waals surface area contributed by atoms with E-state index in [2.05, 4.69) is 20.5 Å². The third-order valence-corrected chi connectivity index (χ3v) is 5.07. The minimum atomic E-state index is -0.320. The first-order valence-electron chi connectivity index (χ1n) is 7.23. The van der Waals surface area contributed by atoms with Crippen LogP contribution in [0, 0.1) is 0 Å². The zero-order valence-electron chi connectivity index (χ0n) is 13.1. The normalized spacial score (nSPS) is 11.9. The lowest BCUT2D eigenvalue weighted by molar-refractivity contribution is -0.115. The fourth-order valence-electron chi connectivity index (χ4n) is 1.95. The molecule has 1 amide bonds. The highest BCUT2D eigenvalue weighted by molar-refractivity contribution is 8.00. The van der Waals surface area contributed by atoms with E-state index in [0.717, 1.165) is 22.1 Å². The molecule has 2 N–H and O–H groups in total. The van der Waals surface area contributed by atoms with E-state index in [1.54, 1.807) is 42.7 Å². The Labute approximate surface area is 147 Å². The van der Waals surface area contributed by atoms with E-state index in [4.69, 9.17) is 4.74 Å². The predicted molar refractivity (Wildman–Crippen MR) is 96.6 cm³/mol. The van der Waals surface area contributed by atoms with Crippen LogP contribution in [0.15, 0.2) is 46.9 Å². The number of methoxy groups -OCH3 is 1. The first-order chi connectivity index (χ1) is 11.7. The summed E-state index contributed by atoms with van der Waals surface area (Å²) < 4.78 is 5.10. The molecule has 1 aromatic carbocycles. The molecule has 2 aromatic heterocycles. The molecule has 3 rings (SSSR count). The molecule has 1 atom stereocenters. The molecule has 0 aliphatic rings. The van der Waals surface area contributed by atoms with E-state index in [0.29, 0.717) is 5.16 Å². The van der Waals surface area contributed by atoms with Gasteiger partial charge in [0.1, 0.15) is 5.75 Å². The average Bonchev–Trinajstić information content (AvgIpc) is 3.26. The molecule has 0 unspecified atom stereocenters. The molecule has 0 fully saturated rings. The third kappa shape index (κ3) is 3.95. The largest absolute Gasteiger partial charge is 0.497 e. The number of carbonyl (C=O) groups excluding carboxylic acids is 1. The number of amides is 1. The highest BCUT2D eigenvalue weighted by atomic mass is 32.2. The van der Waals surface area contributed by atoms with Crippen LogP contribution in [0.25, 0.3) is 10.7 Å². The number of carbonyl (C=O) groups is 1. The highest BCUT2D eigenvalue weighted by Gasteiger charge is 2.18. The number of thiophene rings is 1. The number of aromatic amines is 1. The van der Waals surface area contributed by atoms with E-state index in [1.807, 2.05) is 24.4 Å². The van der Waals surface area contributed by atoms with Crippen LogP contribution < -0.4 is 10.1 Å². The Hall–Kier alpha value is -2.32. The van der Waals surface area contributed by atoms with Crippen molar-refractivity contribution in [2.75, 3.05) is 12.4 Å². The fraction of sp³-hybridized carbons (Fsp3) is 0.188. The van der Waals surface area contributed by atoms with E-state index in [9.17, 15) is 4.79 Å². The van der Waals surface area contributed by atoms with Gasteiger partial charge < -0.3 is 10.1 Å². The molecule has 0 aliphatic heterocycles. The smallest absolute Gasteiger partial charge is 0.237 e. The topological polar surface area (TPSA) is 79.9 Å². The summed E-state index contributed by atoms with van der Waals surface area (Å²) in [4.78, 5) is 17.7. The maximum absolute atomic E-state index is 12.3. The highest BCUT2D eigenvalue weighted by Crippen LogP contribution is 2.26. The lowest BCUT2D eigenvalue weighted by Crippen LogP contribution is -2.22. The Morgan fingerprint density at radius 3 is 2.79 bits per heavy atom. The number of H-pyrrole nitrogens is 1. The summed E-state index contributed by atoms with van der Waals surface area (Å²) in [5.41, 5.74) is 0.725. The number of nitrogens with one attached hydrogen (secondary N) is 2. The second-order valence-electron chi connectivity index (χ2n) is 4.92. The summed E-state index contributed by atoms with van der Waals surface area (Å²) in [5, 5.41) is 12.1. The molecule has 0 saturated carbocycles. The molecular weight excluding hydrogens is 344 g/mol. The molecule has 3 aromatic rings. The van der Waals surface area contributed by atoms with Crippen molar-refractivity contribution in [2.45, 2.75) is 17.3 Å². The first kappa shape index (κ1) is 16.5. The van der Waals surface area contributed by atoms with Gasteiger partial charge in [0, 0.05) is 5.69 Å². The average molecular weight is 360 g/mol. The second kappa shape index (κ2) is 7.50. The Morgan fingerprint density at radius 2 is 2.12 bits per heavy atom. The maximum Gasteiger partial charge on any atom is 0.237 e. The molecule has 8 heteroatoms. The molecule has 0 bridgehead atoms. The number of nitrogens with zero attached hydrogens (tertiary/aromatic N) is 2. The van der Waals surface area contributed by atoms with E-state index in [-0.39, 0.29) is 11.2 Å². The van der Waals surface area contributed by atoms with Gasteiger partial charge in [0.2, 0.25) is 11.1 Å². The summed E-state index contributed by atoms with van der Waals surface area (Å²) in [7, 11) is 1.60. The summed E-state index contributed by atoms with van der Waals surface area (Å²) in [5.74, 6) is 1.36. The van der Waals surface area contributed by atoms with Crippen LogP contribution in [0.1, 0.15) is 6.92 Å². The molecule has 24 heavy (non-hydrogen) atoms. The molecule has 0 saturated heterocycles. The molecule has 6 nitrogen and oxygen atoms in total. The lowest BCUT2D eigenvalue weighted by atomic mass is 10.3. The number of ether oxygens (including phenoxy) is 1. The first-order valence-corrected chi connectivity index (χ1v) is 8.99. The maximum atomic E-state index is 12.3. The van der Waals surface area contributed by atoms with Crippen LogP contribution in [-0.2, 0) is 4.79 Å². The number of hydrogen-bond acceptors (Lipinski definition) is 6. The zero-order chi connectivity index (χ0) is 16.9. The van der Waals surface area contributed by atoms with Crippen LogP contribution in [-0.4, -0.2) is 33.4 Å². The van der Waals surface area contributed by atoms with Crippen LogP contribution in [0.3, 0.4) is 0 Å². The SMILES string of the molecule is COc1ccc(NC(=O)[C@@H](C)Sc2n[nH]c(-c3cccs3)n2)cc1. The number of thioether (sulfide) groups is 1. The van der Waals surface area contributed by atoms with Crippen molar-refractivity contribution in [3.63, 3.8) is 0 Å². The number of rotatable bonds is 6. The fourth-order valence-corrected chi connectivity index (χ4v) is 3.34. The van der Waals surface area contributed by atoms with Gasteiger partial charge in [-0.05, 0) is 42.6 Å². The Bertz CT molecular complexity index is 800. The van der Waals surface area contributed by atoms with Crippen molar-refractivity contribution in [1.82, 2.24) is 15.2 Å². The molecule has 0 radical (unpaired) electrons. The number of hydrogen-bond donors (Lipinski definition) is 2. The summed E-state index contributed by atoms with van der Waals surface area (Å²) in [6, 6.07) is 11.1. The van der Waals surface area contributed by atoms with Crippen LogP contribution in [0.4, 0.5) is 5.69 Å². The third-order valence-electron chi connectivity index (χ3n) is 3.23. The van der Waals surface area contributed by atoms with Gasteiger partial charge in [-0.1, -0.05) is 17.8 Å². The van der Waals surface area contributed by atoms with Crippen LogP contribution >= 0.6 is 23.1 Å². The van der Waals surface area contributed by atoms with Crippen molar-refractivity contribution < 1.29 is 9.53 Å². The van der Waals surface area contributed by atoms with Gasteiger partial charge in [-0.3, -0.25) is 9.89 Å². The molecule has 0 spiro atoms. The van der Waals surface area contributed by atoms with Crippen LogP contribution in [0.2, 0.25) is 0 Å². The molecular formula is C16H16N4O2S2. The van der Waals surface area contributed by atoms with Gasteiger partial charge in [0.05, 0.1) is 17.2 Å². The van der Waals surface area contributed by atoms with Gasteiger partial charge in [-0.2, -0.15) is 0 Å². The number of aromatic nitrogens is 3. The molecule has 0 aliphatic carbocycles. The van der Waals surface area contributed by atoms with Crippen molar-refractivity contribution >= 4 is 34.7 Å². The predicted octanol–water partition coefficient (Wildman–Crippen LogP) is 3.66. The van der Waals surface area contributed by atoms with Crippen molar-refractivity contribution in [2.24, 2.45) is 0 Å². The van der Waals surface area contributed by atoms with Crippen LogP contribution in [0.5, 0.6) is 5.75 Å². The monoisotopic (exact) mass is 360 g/mol. The molecule has 124 valence electrons. The minimum absolute atomic E-state index is 0.104. The second-order valence-corrected chi connectivity index (χ2v) is 7.18. The quantitative estimate of drug-likeness (QED) is 0.656. The van der Waals surface area contributed by atoms with E-state index < -0.39 is 0 Å². The Balaban J connectivity index is 1.59. The Morgan fingerprint density at radius 1 is 1.33 bits per heavy atom. The van der Waals surface area contributed by atoms with E-state index >= 15 is 0 Å². The minimum Gasteiger partial charge on any atom is -0.497 e. The van der Waals surface area contributed by atoms with Crippen molar-refractivity contribution in [3.05, 3.63) is 41.8 Å². The van der Waals surface area contributed by atoms with Gasteiger partial charge in [-0.15, -0.1) is 16.4 Å². The summed E-state index contributed by atoms with van der Waals surface area (Å²) in [6.45, 7) is 1.82. The van der Waals surface area contributed by atoms with Crippen molar-refractivity contribution in [3.8, 4) is 16.5 Å². The van der Waals surface area contributed by atoms with Gasteiger partial charge in [0.25, 0.3) is 0 Å². The number of benzene rings is 1. The van der Waals surface area contributed by atoms with E-state index in [1.165, 1.54) is 11.8 Å². The lowest BCUT2D eigenvalue weighted by Gasteiger charge is -2.10. The summed E-state index contributed by atoms with van der Waals surface area (Å²) in [6.07, 6.45) is 0. The molecule has 2 heterocycles. The van der Waals surface area contributed by atoms with Crippen molar-refractivity contribution in [1.29, 1.82) is 0 Å². The van der Waals surface area contributed by atoms with Gasteiger partial charge in [-0.25, -0.2) is 4.98 Å². The number of anilines is 1. The van der Waals surface area contributed by atoms with Gasteiger partial charge in [0.15, 0.2) is 5.82 Å². The summed E-state index contributed by atoms with van der Waals surface area (Å²) >= 11 is 2.90. The zero-order valence-corrected chi connectivity index (χ0v) is 14.8. The van der Waals surface area contributed by atoms with Gasteiger partial charge >= 0.3 is 0 Å². The Kier molecular flexibility index (Phi) is 5.17.